The van der Waals surface area contributed by atoms with Crippen LogP contribution in [-0.4, -0.2) is 40.9 Å². The lowest BCUT2D eigenvalue weighted by Gasteiger charge is -2.10. The van der Waals surface area contributed by atoms with Gasteiger partial charge in [-0.15, -0.1) is 10.2 Å². The lowest BCUT2D eigenvalue weighted by atomic mass is 10.1. The maximum atomic E-state index is 12.0. The van der Waals surface area contributed by atoms with E-state index in [1.54, 1.807) is 0 Å². The Hall–Kier alpha value is -2.13. The van der Waals surface area contributed by atoms with Crippen LogP contribution in [0.1, 0.15) is 30.9 Å². The number of nitrogens with zero attached hydrogens (tertiary/aromatic N) is 2. The van der Waals surface area contributed by atoms with E-state index in [-0.39, 0.29) is 24.1 Å². The normalized spacial score (nSPS) is 10.5. The highest BCUT2D eigenvalue weighted by molar-refractivity contribution is 8.01. The Morgan fingerprint density at radius 1 is 1.19 bits per heavy atom. The minimum absolute atomic E-state index is 0.0628. The van der Waals surface area contributed by atoms with Gasteiger partial charge in [0.05, 0.1) is 12.3 Å². The third-order valence-electron chi connectivity index (χ3n) is 3.86. The minimum Gasteiger partial charge on any atom is -0.360 e. The van der Waals surface area contributed by atoms with Crippen LogP contribution in [0, 0.1) is 13.8 Å². The van der Waals surface area contributed by atoms with Crippen molar-refractivity contribution in [1.29, 1.82) is 0 Å². The van der Waals surface area contributed by atoms with Gasteiger partial charge in [0.15, 0.2) is 4.34 Å². The summed E-state index contributed by atoms with van der Waals surface area (Å²) in [6.45, 7) is 6.87. The number of rotatable bonds is 10. The molecule has 0 atom stereocenters. The van der Waals surface area contributed by atoms with Crippen LogP contribution in [0.2, 0.25) is 0 Å². The molecule has 0 saturated heterocycles. The monoisotopic (exact) mass is 407 g/mol. The van der Waals surface area contributed by atoms with E-state index in [1.807, 2.05) is 32.0 Å². The second-order valence-electron chi connectivity index (χ2n) is 6.01. The first kappa shape index (κ1) is 21.2. The van der Waals surface area contributed by atoms with Crippen LogP contribution in [0.25, 0.3) is 0 Å². The average Bonchev–Trinajstić information content (AvgIpc) is 3.10. The van der Waals surface area contributed by atoms with Crippen LogP contribution in [0.5, 0.6) is 0 Å². The van der Waals surface area contributed by atoms with Gasteiger partial charge in [0, 0.05) is 12.2 Å². The third kappa shape index (κ3) is 7.18. The molecular formula is C18H25N5O2S2. The zero-order valence-corrected chi connectivity index (χ0v) is 17.4. The summed E-state index contributed by atoms with van der Waals surface area (Å²) < 4.78 is 0.726. The van der Waals surface area contributed by atoms with Gasteiger partial charge in [-0.3, -0.25) is 9.59 Å². The first-order valence-corrected chi connectivity index (χ1v) is 10.6. The summed E-state index contributed by atoms with van der Waals surface area (Å²) in [7, 11) is 0. The van der Waals surface area contributed by atoms with E-state index >= 15 is 0 Å². The van der Waals surface area contributed by atoms with Crippen LogP contribution in [0.4, 0.5) is 10.8 Å². The molecule has 3 N–H and O–H groups in total. The van der Waals surface area contributed by atoms with Crippen LogP contribution in [0.3, 0.4) is 0 Å². The number of anilines is 2. The van der Waals surface area contributed by atoms with Crippen LogP contribution in [-0.2, 0) is 9.59 Å². The van der Waals surface area contributed by atoms with Crippen molar-refractivity contribution in [2.24, 2.45) is 0 Å². The highest BCUT2D eigenvalue weighted by Crippen LogP contribution is 2.25. The zero-order valence-electron chi connectivity index (χ0n) is 15.8. The van der Waals surface area contributed by atoms with Crippen molar-refractivity contribution in [3.63, 3.8) is 0 Å². The van der Waals surface area contributed by atoms with E-state index < -0.39 is 0 Å². The molecule has 0 aliphatic heterocycles. The molecule has 1 aromatic heterocycles. The summed E-state index contributed by atoms with van der Waals surface area (Å²) in [6.07, 6.45) is 2.19. The smallest absolute Gasteiger partial charge is 0.243 e. The molecule has 9 heteroatoms. The SMILES string of the molecule is CCCCNc1nnc(SCC(=O)NCC(=O)Nc2cccc(C)c2C)s1. The van der Waals surface area contributed by atoms with Crippen molar-refractivity contribution < 1.29 is 9.59 Å². The number of hydrogen-bond donors (Lipinski definition) is 3. The molecule has 0 bridgehead atoms. The molecule has 2 aromatic rings. The van der Waals surface area contributed by atoms with E-state index in [9.17, 15) is 9.59 Å². The molecule has 2 amide bonds. The quantitative estimate of drug-likeness (QED) is 0.413. The molecule has 0 aliphatic rings. The molecule has 7 nitrogen and oxygen atoms in total. The van der Waals surface area contributed by atoms with E-state index in [0.29, 0.717) is 0 Å². The Kier molecular flexibility index (Phi) is 8.53. The molecule has 27 heavy (non-hydrogen) atoms. The minimum atomic E-state index is -0.250. The summed E-state index contributed by atoms with van der Waals surface area (Å²) >= 11 is 2.73. The predicted molar refractivity (Wildman–Crippen MR) is 112 cm³/mol. The highest BCUT2D eigenvalue weighted by atomic mass is 32.2. The van der Waals surface area contributed by atoms with E-state index in [1.165, 1.54) is 23.1 Å². The van der Waals surface area contributed by atoms with Gasteiger partial charge in [0.25, 0.3) is 0 Å². The number of amides is 2. The molecule has 2 rings (SSSR count). The molecule has 0 spiro atoms. The first-order valence-electron chi connectivity index (χ1n) is 8.82. The molecule has 1 heterocycles. The van der Waals surface area contributed by atoms with Crippen molar-refractivity contribution in [2.75, 3.05) is 29.5 Å². The number of benzene rings is 1. The Morgan fingerprint density at radius 2 is 2.00 bits per heavy atom. The number of aromatic nitrogens is 2. The number of thioether (sulfide) groups is 1. The molecule has 146 valence electrons. The summed E-state index contributed by atoms with van der Waals surface area (Å²) in [6, 6.07) is 5.72. The Bertz CT molecular complexity index is 779. The van der Waals surface area contributed by atoms with Gasteiger partial charge in [-0.25, -0.2) is 0 Å². The topological polar surface area (TPSA) is 96.0 Å². The van der Waals surface area contributed by atoms with Gasteiger partial charge in [0.1, 0.15) is 0 Å². The van der Waals surface area contributed by atoms with Crippen LogP contribution >= 0.6 is 23.1 Å². The molecular weight excluding hydrogens is 382 g/mol. The number of nitrogens with one attached hydrogen (secondary N) is 3. The van der Waals surface area contributed by atoms with Gasteiger partial charge in [-0.2, -0.15) is 0 Å². The van der Waals surface area contributed by atoms with Crippen molar-refractivity contribution in [2.45, 2.75) is 38.0 Å². The molecule has 0 fully saturated rings. The van der Waals surface area contributed by atoms with Gasteiger partial charge in [-0.1, -0.05) is 48.6 Å². The fourth-order valence-electron chi connectivity index (χ4n) is 2.15. The summed E-state index contributed by atoms with van der Waals surface area (Å²) in [5, 5.41) is 17.5. The van der Waals surface area contributed by atoms with E-state index in [0.717, 1.165) is 45.7 Å². The summed E-state index contributed by atoms with van der Waals surface area (Å²) in [4.78, 5) is 24.0. The summed E-state index contributed by atoms with van der Waals surface area (Å²) in [5.74, 6) is -0.271. The number of unbranched alkanes of at least 4 members (excludes halogenated alkanes) is 1. The average molecular weight is 408 g/mol. The molecule has 0 aliphatic carbocycles. The van der Waals surface area contributed by atoms with Gasteiger partial charge >= 0.3 is 0 Å². The van der Waals surface area contributed by atoms with E-state index in [4.69, 9.17) is 0 Å². The zero-order chi connectivity index (χ0) is 19.6. The fourth-order valence-corrected chi connectivity index (χ4v) is 3.76. The molecule has 0 radical (unpaired) electrons. The number of carbonyl (C=O) groups is 2. The van der Waals surface area contributed by atoms with E-state index in [2.05, 4.69) is 33.1 Å². The largest absolute Gasteiger partial charge is 0.360 e. The van der Waals surface area contributed by atoms with Gasteiger partial charge < -0.3 is 16.0 Å². The molecule has 1 aromatic carbocycles. The lowest BCUT2D eigenvalue weighted by molar-refractivity contribution is -0.122. The van der Waals surface area contributed by atoms with Crippen molar-refractivity contribution in [1.82, 2.24) is 15.5 Å². The number of hydrogen-bond acceptors (Lipinski definition) is 7. The molecule has 0 unspecified atom stereocenters. The van der Waals surface area contributed by atoms with Crippen LogP contribution in [0.15, 0.2) is 22.5 Å². The Morgan fingerprint density at radius 3 is 2.78 bits per heavy atom. The lowest BCUT2D eigenvalue weighted by Crippen LogP contribution is -2.34. The van der Waals surface area contributed by atoms with Crippen molar-refractivity contribution >= 4 is 45.7 Å². The maximum Gasteiger partial charge on any atom is 0.243 e. The van der Waals surface area contributed by atoms with Crippen LogP contribution < -0.4 is 16.0 Å². The third-order valence-corrected chi connectivity index (χ3v) is 5.88. The first-order chi connectivity index (χ1) is 13.0. The maximum absolute atomic E-state index is 12.0. The second kappa shape index (κ2) is 10.9. The van der Waals surface area contributed by atoms with Crippen molar-refractivity contribution in [3.8, 4) is 0 Å². The standard InChI is InChI=1S/C18H25N5O2S2/c1-4-5-9-19-17-22-23-18(27-17)26-11-16(25)20-10-15(24)21-14-8-6-7-12(2)13(14)3/h6-8H,4-5,9-11H2,1-3H3,(H,19,22)(H,20,25)(H,21,24). The van der Waals surface area contributed by atoms with Gasteiger partial charge in [-0.05, 0) is 37.5 Å². The molecule has 0 saturated carbocycles. The highest BCUT2D eigenvalue weighted by Gasteiger charge is 2.10. The predicted octanol–water partition coefficient (Wildman–Crippen LogP) is 3.21. The summed E-state index contributed by atoms with van der Waals surface area (Å²) in [5.41, 5.74) is 2.89. The van der Waals surface area contributed by atoms with Gasteiger partial charge in [0.2, 0.25) is 16.9 Å². The van der Waals surface area contributed by atoms with Crippen molar-refractivity contribution in [3.05, 3.63) is 29.3 Å². The Labute approximate surface area is 167 Å². The fraction of sp³-hybridized carbons (Fsp3) is 0.444. The number of aryl methyl sites for hydroxylation is 1. The second-order valence-corrected chi connectivity index (χ2v) is 8.21. The Balaban J connectivity index is 1.70. The number of carbonyl (C=O) groups excluding carboxylic acids is 2.